The molecule has 0 spiro atoms. The van der Waals surface area contributed by atoms with Crippen LogP contribution in [-0.2, 0) is 12.8 Å². The molecule has 1 aromatic heterocycles. The van der Waals surface area contributed by atoms with Crippen molar-refractivity contribution in [2.45, 2.75) is 17.3 Å². The van der Waals surface area contributed by atoms with Crippen LogP contribution in [0.4, 0.5) is 0 Å². The number of nitrogens with zero attached hydrogens (tertiary/aromatic N) is 4. The summed E-state index contributed by atoms with van der Waals surface area (Å²) in [7, 11) is 1.81. The minimum Gasteiger partial charge on any atom is -0.395 e. The molecule has 98 valence electrons. The number of aliphatic hydroxyl groups is 1. The van der Waals surface area contributed by atoms with Gasteiger partial charge >= 0.3 is 0 Å². The van der Waals surface area contributed by atoms with E-state index in [2.05, 4.69) is 27.4 Å². The Hall–Kier alpha value is -1.84. The number of aromatic nitrogens is 4. The SMILES string of the molecule is Cn1nnnc1SCc1ccccc1C#CCCO. The van der Waals surface area contributed by atoms with Crippen LogP contribution in [0.25, 0.3) is 0 Å². The fraction of sp³-hybridized carbons (Fsp3) is 0.308. The Balaban J connectivity index is 2.08. The van der Waals surface area contributed by atoms with Gasteiger partial charge in [-0.3, -0.25) is 0 Å². The van der Waals surface area contributed by atoms with Gasteiger partial charge in [-0.05, 0) is 22.1 Å². The topological polar surface area (TPSA) is 63.8 Å². The lowest BCUT2D eigenvalue weighted by Gasteiger charge is -2.03. The molecule has 0 saturated heterocycles. The summed E-state index contributed by atoms with van der Waals surface area (Å²) in [6.45, 7) is 0.0918. The number of benzene rings is 1. The normalized spacial score (nSPS) is 10.0. The monoisotopic (exact) mass is 274 g/mol. The van der Waals surface area contributed by atoms with E-state index >= 15 is 0 Å². The van der Waals surface area contributed by atoms with Gasteiger partial charge in [-0.25, -0.2) is 4.68 Å². The average molecular weight is 274 g/mol. The largest absolute Gasteiger partial charge is 0.395 e. The van der Waals surface area contributed by atoms with Crippen LogP contribution in [-0.4, -0.2) is 31.9 Å². The highest BCUT2D eigenvalue weighted by Crippen LogP contribution is 2.21. The van der Waals surface area contributed by atoms with Crippen LogP contribution in [0, 0.1) is 11.8 Å². The van der Waals surface area contributed by atoms with E-state index < -0.39 is 0 Å². The molecule has 2 rings (SSSR count). The van der Waals surface area contributed by atoms with Gasteiger partial charge in [-0.15, -0.1) is 5.10 Å². The molecular weight excluding hydrogens is 260 g/mol. The Labute approximate surface area is 116 Å². The number of hydrogen-bond acceptors (Lipinski definition) is 5. The highest BCUT2D eigenvalue weighted by Gasteiger charge is 2.05. The number of rotatable bonds is 4. The summed E-state index contributed by atoms with van der Waals surface area (Å²) in [4.78, 5) is 0. The number of hydrogen-bond donors (Lipinski definition) is 1. The molecule has 5 nitrogen and oxygen atoms in total. The summed E-state index contributed by atoms with van der Waals surface area (Å²) in [6, 6.07) is 7.97. The quantitative estimate of drug-likeness (QED) is 0.671. The standard InChI is InChI=1S/C13H14N4OS/c1-17-13(14-15-16-17)19-10-12-8-3-2-6-11(12)7-4-5-9-18/h2-3,6,8,18H,5,9-10H2,1H3. The first-order valence-corrected chi connectivity index (χ1v) is 6.82. The highest BCUT2D eigenvalue weighted by atomic mass is 32.2. The molecule has 0 radical (unpaired) electrons. The minimum absolute atomic E-state index is 0.0918. The fourth-order valence-electron chi connectivity index (χ4n) is 1.47. The maximum atomic E-state index is 8.74. The molecule has 0 saturated carbocycles. The zero-order valence-electron chi connectivity index (χ0n) is 10.6. The van der Waals surface area contributed by atoms with E-state index in [1.165, 1.54) is 0 Å². The molecule has 0 aliphatic rings. The Morgan fingerprint density at radius 3 is 2.95 bits per heavy atom. The third-order valence-electron chi connectivity index (χ3n) is 2.42. The van der Waals surface area contributed by atoms with E-state index in [1.807, 2.05) is 31.3 Å². The van der Waals surface area contributed by atoms with Crippen molar-refractivity contribution in [2.24, 2.45) is 7.05 Å². The molecular formula is C13H14N4OS. The van der Waals surface area contributed by atoms with Crippen molar-refractivity contribution in [1.29, 1.82) is 0 Å². The Kier molecular flexibility index (Phi) is 4.95. The summed E-state index contributed by atoms with van der Waals surface area (Å²) < 4.78 is 1.64. The second-order valence-electron chi connectivity index (χ2n) is 3.81. The summed E-state index contributed by atoms with van der Waals surface area (Å²) in [6.07, 6.45) is 0.495. The Morgan fingerprint density at radius 1 is 1.37 bits per heavy atom. The summed E-state index contributed by atoms with van der Waals surface area (Å²) in [5, 5.41) is 20.8. The van der Waals surface area contributed by atoms with Crippen molar-refractivity contribution in [3.63, 3.8) is 0 Å². The second-order valence-corrected chi connectivity index (χ2v) is 4.75. The summed E-state index contributed by atoms with van der Waals surface area (Å²) in [5.74, 6) is 6.78. The van der Waals surface area contributed by atoms with Gasteiger partial charge in [0.05, 0.1) is 6.61 Å². The molecule has 19 heavy (non-hydrogen) atoms. The van der Waals surface area contributed by atoms with Crippen molar-refractivity contribution in [3.8, 4) is 11.8 Å². The number of aliphatic hydroxyl groups excluding tert-OH is 1. The molecule has 0 atom stereocenters. The fourth-order valence-corrected chi connectivity index (χ4v) is 2.32. The van der Waals surface area contributed by atoms with Crippen molar-refractivity contribution >= 4 is 11.8 Å². The van der Waals surface area contributed by atoms with E-state index in [1.54, 1.807) is 16.4 Å². The molecule has 0 fully saturated rings. The first-order chi connectivity index (χ1) is 9.31. The summed E-state index contributed by atoms with van der Waals surface area (Å²) >= 11 is 1.57. The molecule has 1 aromatic carbocycles. The first kappa shape index (κ1) is 13.6. The zero-order chi connectivity index (χ0) is 13.5. The van der Waals surface area contributed by atoms with Gasteiger partial charge in [0.1, 0.15) is 0 Å². The second kappa shape index (κ2) is 6.92. The maximum absolute atomic E-state index is 8.74. The summed E-state index contributed by atoms with van der Waals surface area (Å²) in [5.41, 5.74) is 2.12. The Morgan fingerprint density at radius 2 is 2.21 bits per heavy atom. The number of tetrazole rings is 1. The van der Waals surface area contributed by atoms with Crippen LogP contribution in [0.5, 0.6) is 0 Å². The minimum atomic E-state index is 0.0918. The smallest absolute Gasteiger partial charge is 0.209 e. The van der Waals surface area contributed by atoms with Crippen LogP contribution < -0.4 is 0 Å². The predicted octanol–water partition coefficient (Wildman–Crippen LogP) is 1.24. The van der Waals surface area contributed by atoms with Gasteiger partial charge in [-0.2, -0.15) is 0 Å². The van der Waals surface area contributed by atoms with Crippen LogP contribution in [0.3, 0.4) is 0 Å². The van der Waals surface area contributed by atoms with Crippen molar-refractivity contribution in [3.05, 3.63) is 35.4 Å². The van der Waals surface area contributed by atoms with E-state index in [9.17, 15) is 0 Å². The van der Waals surface area contributed by atoms with E-state index in [0.29, 0.717) is 6.42 Å². The molecule has 2 aromatic rings. The van der Waals surface area contributed by atoms with Gasteiger partial charge in [0, 0.05) is 24.8 Å². The number of thioether (sulfide) groups is 1. The van der Waals surface area contributed by atoms with Crippen molar-refractivity contribution in [2.75, 3.05) is 6.61 Å². The Bertz CT molecular complexity index is 600. The molecule has 0 bridgehead atoms. The maximum Gasteiger partial charge on any atom is 0.209 e. The van der Waals surface area contributed by atoms with Gasteiger partial charge in [0.15, 0.2) is 0 Å². The lowest BCUT2D eigenvalue weighted by Crippen LogP contribution is -1.94. The molecule has 0 amide bonds. The lowest BCUT2D eigenvalue weighted by atomic mass is 10.1. The lowest BCUT2D eigenvalue weighted by molar-refractivity contribution is 0.305. The van der Waals surface area contributed by atoms with Gasteiger partial charge in [0.2, 0.25) is 5.16 Å². The zero-order valence-corrected chi connectivity index (χ0v) is 11.4. The molecule has 1 N–H and O–H groups in total. The van der Waals surface area contributed by atoms with E-state index in [0.717, 1.165) is 22.0 Å². The van der Waals surface area contributed by atoms with Crippen LogP contribution in [0.15, 0.2) is 29.4 Å². The van der Waals surface area contributed by atoms with Crippen LogP contribution in [0.2, 0.25) is 0 Å². The van der Waals surface area contributed by atoms with Gasteiger partial charge in [0.25, 0.3) is 0 Å². The van der Waals surface area contributed by atoms with Crippen molar-refractivity contribution < 1.29 is 5.11 Å². The van der Waals surface area contributed by atoms with E-state index in [-0.39, 0.29) is 6.61 Å². The highest BCUT2D eigenvalue weighted by molar-refractivity contribution is 7.98. The molecule has 6 heteroatoms. The van der Waals surface area contributed by atoms with E-state index in [4.69, 9.17) is 5.11 Å². The predicted molar refractivity (Wildman–Crippen MR) is 73.4 cm³/mol. The molecule has 0 aliphatic carbocycles. The molecule has 0 unspecified atom stereocenters. The first-order valence-electron chi connectivity index (χ1n) is 5.84. The third kappa shape index (κ3) is 3.81. The third-order valence-corrected chi connectivity index (χ3v) is 3.47. The van der Waals surface area contributed by atoms with Gasteiger partial charge < -0.3 is 5.11 Å². The molecule has 1 heterocycles. The average Bonchev–Trinajstić information content (AvgIpc) is 2.83. The van der Waals surface area contributed by atoms with Crippen LogP contribution >= 0.6 is 11.8 Å². The molecule has 0 aliphatic heterocycles. The number of aryl methyl sites for hydroxylation is 1. The van der Waals surface area contributed by atoms with Gasteiger partial charge in [-0.1, -0.05) is 41.8 Å². The van der Waals surface area contributed by atoms with Crippen LogP contribution in [0.1, 0.15) is 17.5 Å². The van der Waals surface area contributed by atoms with Crippen molar-refractivity contribution in [1.82, 2.24) is 20.2 Å².